The molecular weight excluding hydrogens is 333 g/mol. The molecule has 1 aromatic carbocycles. The lowest BCUT2D eigenvalue weighted by Crippen LogP contribution is -2.53. The van der Waals surface area contributed by atoms with Crippen LogP contribution >= 0.6 is 15.9 Å². The quantitative estimate of drug-likeness (QED) is 0.755. The van der Waals surface area contributed by atoms with Crippen LogP contribution in [-0.4, -0.2) is 29.3 Å². The number of hydrogen-bond acceptors (Lipinski definition) is 2. The standard InChI is InChI=1S/C17H23BrFNO/c1-3-20(4-2)17(9-5-6-10-17)16(21)12-13-11-14(18)7-8-15(13)19/h7-8,11H,3-6,9-10,12H2,1-2H3. The van der Waals surface area contributed by atoms with Crippen molar-refractivity contribution >= 4 is 21.7 Å². The Balaban J connectivity index is 2.25. The number of hydrogen-bond donors (Lipinski definition) is 0. The Kier molecular flexibility index (Phi) is 5.55. The van der Waals surface area contributed by atoms with E-state index in [0.29, 0.717) is 5.56 Å². The van der Waals surface area contributed by atoms with E-state index in [9.17, 15) is 9.18 Å². The van der Waals surface area contributed by atoms with E-state index in [4.69, 9.17) is 0 Å². The summed E-state index contributed by atoms with van der Waals surface area (Å²) in [6.07, 6.45) is 4.17. The SMILES string of the molecule is CCN(CC)C1(C(=O)Cc2cc(Br)ccc2F)CCCC1. The summed E-state index contributed by atoms with van der Waals surface area (Å²) in [4.78, 5) is 15.2. The average molecular weight is 356 g/mol. The third-order valence-corrected chi connectivity index (χ3v) is 5.17. The van der Waals surface area contributed by atoms with Crippen LogP contribution in [0.3, 0.4) is 0 Å². The Morgan fingerprint density at radius 1 is 1.29 bits per heavy atom. The fraction of sp³-hybridized carbons (Fsp3) is 0.588. The fourth-order valence-corrected chi connectivity index (χ4v) is 3.99. The molecule has 0 radical (unpaired) electrons. The zero-order chi connectivity index (χ0) is 15.5. The van der Waals surface area contributed by atoms with Crippen molar-refractivity contribution in [2.24, 2.45) is 0 Å². The predicted molar refractivity (Wildman–Crippen MR) is 86.9 cm³/mol. The second-order valence-electron chi connectivity index (χ2n) is 5.75. The number of likely N-dealkylation sites (N-methyl/N-ethyl adjacent to an activating group) is 1. The molecule has 1 fully saturated rings. The van der Waals surface area contributed by atoms with E-state index in [-0.39, 0.29) is 23.6 Å². The Labute approximate surface area is 134 Å². The molecule has 1 aliphatic rings. The van der Waals surface area contributed by atoms with Gasteiger partial charge in [0.15, 0.2) is 5.78 Å². The molecule has 0 heterocycles. The number of rotatable bonds is 6. The summed E-state index contributed by atoms with van der Waals surface area (Å²) in [5, 5.41) is 0. The van der Waals surface area contributed by atoms with Gasteiger partial charge >= 0.3 is 0 Å². The lowest BCUT2D eigenvalue weighted by atomic mass is 9.86. The Morgan fingerprint density at radius 3 is 2.48 bits per heavy atom. The van der Waals surface area contributed by atoms with Gasteiger partial charge in [-0.15, -0.1) is 0 Å². The molecule has 21 heavy (non-hydrogen) atoms. The van der Waals surface area contributed by atoms with E-state index in [0.717, 1.165) is 43.2 Å². The van der Waals surface area contributed by atoms with Crippen molar-refractivity contribution in [1.29, 1.82) is 0 Å². The number of carbonyl (C=O) groups excluding carboxylic acids is 1. The average Bonchev–Trinajstić information content (AvgIpc) is 2.95. The number of halogens is 2. The van der Waals surface area contributed by atoms with Crippen molar-refractivity contribution in [3.8, 4) is 0 Å². The van der Waals surface area contributed by atoms with Gasteiger partial charge in [0.05, 0.1) is 5.54 Å². The zero-order valence-electron chi connectivity index (χ0n) is 12.8. The molecule has 0 bridgehead atoms. The van der Waals surface area contributed by atoms with Crippen molar-refractivity contribution in [3.05, 3.63) is 34.1 Å². The summed E-state index contributed by atoms with van der Waals surface area (Å²) >= 11 is 3.35. The van der Waals surface area contributed by atoms with E-state index >= 15 is 0 Å². The van der Waals surface area contributed by atoms with Crippen molar-refractivity contribution in [2.75, 3.05) is 13.1 Å². The minimum Gasteiger partial charge on any atom is -0.297 e. The summed E-state index contributed by atoms with van der Waals surface area (Å²) in [5.41, 5.74) is 0.117. The molecule has 4 heteroatoms. The fourth-order valence-electron chi connectivity index (χ4n) is 3.58. The van der Waals surface area contributed by atoms with Crippen LogP contribution < -0.4 is 0 Å². The Morgan fingerprint density at radius 2 is 1.90 bits per heavy atom. The van der Waals surface area contributed by atoms with Gasteiger partial charge in [-0.1, -0.05) is 42.6 Å². The smallest absolute Gasteiger partial charge is 0.157 e. The summed E-state index contributed by atoms with van der Waals surface area (Å²) in [6.45, 7) is 5.92. The van der Waals surface area contributed by atoms with Gasteiger partial charge in [-0.3, -0.25) is 9.69 Å². The maximum absolute atomic E-state index is 13.9. The van der Waals surface area contributed by atoms with Gasteiger partial charge < -0.3 is 0 Å². The topological polar surface area (TPSA) is 20.3 Å². The molecule has 0 N–H and O–H groups in total. The summed E-state index contributed by atoms with van der Waals surface area (Å²) in [7, 11) is 0. The first-order valence-electron chi connectivity index (χ1n) is 7.75. The molecule has 2 rings (SSSR count). The molecule has 116 valence electrons. The van der Waals surface area contributed by atoms with Crippen molar-refractivity contribution in [1.82, 2.24) is 4.90 Å². The predicted octanol–water partition coefficient (Wildman–Crippen LogP) is 4.35. The van der Waals surface area contributed by atoms with Crippen LogP contribution in [0.15, 0.2) is 22.7 Å². The largest absolute Gasteiger partial charge is 0.297 e. The van der Waals surface area contributed by atoms with E-state index in [1.807, 2.05) is 0 Å². The third kappa shape index (κ3) is 3.37. The second-order valence-corrected chi connectivity index (χ2v) is 6.66. The van der Waals surface area contributed by atoms with Crippen LogP contribution in [0.5, 0.6) is 0 Å². The molecule has 0 amide bonds. The van der Waals surface area contributed by atoms with Crippen molar-refractivity contribution in [3.63, 3.8) is 0 Å². The number of nitrogens with zero attached hydrogens (tertiary/aromatic N) is 1. The molecule has 1 aliphatic carbocycles. The van der Waals surface area contributed by atoms with Crippen LogP contribution in [0.25, 0.3) is 0 Å². The molecule has 1 saturated carbocycles. The lowest BCUT2D eigenvalue weighted by Gasteiger charge is -2.39. The van der Waals surface area contributed by atoms with E-state index in [1.165, 1.54) is 6.07 Å². The molecule has 0 aliphatic heterocycles. The lowest BCUT2D eigenvalue weighted by molar-refractivity contribution is -0.130. The summed E-state index contributed by atoms with van der Waals surface area (Å²) in [5.74, 6) is -0.125. The first kappa shape index (κ1) is 16.6. The maximum atomic E-state index is 13.9. The van der Waals surface area contributed by atoms with Crippen LogP contribution in [-0.2, 0) is 11.2 Å². The summed E-state index contributed by atoms with van der Waals surface area (Å²) in [6, 6.07) is 4.81. The molecular formula is C17H23BrFNO. The van der Waals surface area contributed by atoms with E-state index in [1.54, 1.807) is 12.1 Å². The van der Waals surface area contributed by atoms with E-state index < -0.39 is 0 Å². The van der Waals surface area contributed by atoms with Crippen LogP contribution in [0.2, 0.25) is 0 Å². The Hall–Kier alpha value is -0.740. The summed E-state index contributed by atoms with van der Waals surface area (Å²) < 4.78 is 14.7. The van der Waals surface area contributed by atoms with Crippen LogP contribution in [0.1, 0.15) is 45.1 Å². The van der Waals surface area contributed by atoms with Gasteiger partial charge in [0, 0.05) is 10.9 Å². The van der Waals surface area contributed by atoms with Crippen LogP contribution in [0.4, 0.5) is 4.39 Å². The van der Waals surface area contributed by atoms with Gasteiger partial charge in [0.25, 0.3) is 0 Å². The Bertz CT molecular complexity index is 508. The molecule has 0 aromatic heterocycles. The first-order chi connectivity index (χ1) is 10.0. The molecule has 0 saturated heterocycles. The minimum atomic E-state index is -0.377. The van der Waals surface area contributed by atoms with Gasteiger partial charge in [-0.25, -0.2) is 4.39 Å². The van der Waals surface area contributed by atoms with Crippen molar-refractivity contribution < 1.29 is 9.18 Å². The first-order valence-corrected chi connectivity index (χ1v) is 8.55. The van der Waals surface area contributed by atoms with Gasteiger partial charge in [0.1, 0.15) is 5.82 Å². The van der Waals surface area contributed by atoms with Crippen molar-refractivity contribution in [2.45, 2.75) is 51.5 Å². The van der Waals surface area contributed by atoms with Gasteiger partial charge in [-0.2, -0.15) is 0 Å². The highest BCUT2D eigenvalue weighted by molar-refractivity contribution is 9.10. The van der Waals surface area contributed by atoms with Crippen LogP contribution in [0, 0.1) is 5.82 Å². The number of Topliss-reactive ketones (excluding diaryl/α,β-unsaturated/α-hetero) is 1. The monoisotopic (exact) mass is 355 g/mol. The highest BCUT2D eigenvalue weighted by atomic mass is 79.9. The molecule has 0 atom stereocenters. The maximum Gasteiger partial charge on any atom is 0.157 e. The second kappa shape index (κ2) is 7.01. The normalized spacial score (nSPS) is 17.4. The zero-order valence-corrected chi connectivity index (χ0v) is 14.4. The highest BCUT2D eigenvalue weighted by Gasteiger charge is 2.44. The highest BCUT2D eigenvalue weighted by Crippen LogP contribution is 2.37. The molecule has 2 nitrogen and oxygen atoms in total. The number of ketones is 1. The van der Waals surface area contributed by atoms with Gasteiger partial charge in [0.2, 0.25) is 0 Å². The van der Waals surface area contributed by atoms with Gasteiger partial charge in [-0.05, 0) is 49.7 Å². The molecule has 0 unspecified atom stereocenters. The van der Waals surface area contributed by atoms with E-state index in [2.05, 4.69) is 34.7 Å². The third-order valence-electron chi connectivity index (χ3n) is 4.68. The molecule has 1 aromatic rings. The number of benzene rings is 1. The number of carbonyl (C=O) groups is 1. The minimum absolute atomic E-state index is 0.167. The molecule has 0 spiro atoms.